The molecule has 0 amide bonds. The molecule has 0 aliphatic rings. The second kappa shape index (κ2) is 7.09. The normalized spacial score (nSPS) is 13.2. The van der Waals surface area contributed by atoms with Crippen LogP contribution in [-0.2, 0) is 16.1 Å². The Morgan fingerprint density at radius 1 is 1.05 bits per heavy atom. The Morgan fingerprint density at radius 3 is 2.23 bits per heavy atom. The molecular weight excluding hydrogens is 278 g/mol. The topological polar surface area (TPSA) is 61.6 Å². The molecule has 0 aliphatic heterocycles. The smallest absolute Gasteiger partial charge is 0.316 e. The van der Waals surface area contributed by atoms with Crippen molar-refractivity contribution >= 4 is 5.97 Å². The zero-order valence-corrected chi connectivity index (χ0v) is 12.9. The highest BCUT2D eigenvalue weighted by molar-refractivity contribution is 5.79. The fourth-order valence-electron chi connectivity index (χ4n) is 1.82. The molecule has 0 aliphatic carbocycles. The molecule has 2 N–H and O–H groups in total. The number of benzene rings is 2. The first-order valence-corrected chi connectivity index (χ1v) is 7.32. The molecule has 0 bridgehead atoms. The minimum atomic E-state index is -1.03. The maximum absolute atomic E-state index is 11.7. The van der Waals surface area contributed by atoms with Crippen molar-refractivity contribution in [1.82, 2.24) is 0 Å². The summed E-state index contributed by atoms with van der Waals surface area (Å²) in [5, 5.41) is 0. The standard InChI is InChI=1S/C18H21NO3/c1-3-18(2,19)17(20)22-21-16-11-9-15(10-12-16)13-14-7-5-4-6-8-14/h4-12H,3,13,19H2,1-2H3. The van der Waals surface area contributed by atoms with Crippen molar-refractivity contribution < 1.29 is 14.6 Å². The van der Waals surface area contributed by atoms with Crippen LogP contribution < -0.4 is 10.6 Å². The molecule has 0 saturated carbocycles. The first-order chi connectivity index (χ1) is 10.5. The lowest BCUT2D eigenvalue weighted by atomic mass is 10.0. The summed E-state index contributed by atoms with van der Waals surface area (Å²) in [7, 11) is 0. The lowest BCUT2D eigenvalue weighted by molar-refractivity contribution is -0.219. The van der Waals surface area contributed by atoms with Gasteiger partial charge in [-0.2, -0.15) is 0 Å². The lowest BCUT2D eigenvalue weighted by Gasteiger charge is -2.18. The minimum absolute atomic E-state index is 0.470. The van der Waals surface area contributed by atoms with E-state index in [1.165, 1.54) is 5.56 Å². The largest absolute Gasteiger partial charge is 0.374 e. The van der Waals surface area contributed by atoms with Gasteiger partial charge in [0.2, 0.25) is 0 Å². The van der Waals surface area contributed by atoms with E-state index in [0.717, 1.165) is 12.0 Å². The molecule has 2 aromatic rings. The number of rotatable bonds is 6. The third-order valence-electron chi connectivity index (χ3n) is 3.59. The molecule has 22 heavy (non-hydrogen) atoms. The summed E-state index contributed by atoms with van der Waals surface area (Å²) in [6, 6.07) is 17.6. The third kappa shape index (κ3) is 4.33. The van der Waals surface area contributed by atoms with Crippen molar-refractivity contribution in [2.75, 3.05) is 0 Å². The van der Waals surface area contributed by atoms with Crippen LogP contribution in [0.5, 0.6) is 5.75 Å². The predicted molar refractivity (Wildman–Crippen MR) is 85.3 cm³/mol. The molecule has 0 radical (unpaired) electrons. The Hall–Kier alpha value is -2.33. The number of hydrogen-bond acceptors (Lipinski definition) is 4. The second-order valence-corrected chi connectivity index (χ2v) is 5.53. The average Bonchev–Trinajstić information content (AvgIpc) is 2.55. The highest BCUT2D eigenvalue weighted by Crippen LogP contribution is 2.16. The van der Waals surface area contributed by atoms with Crippen LogP contribution in [0.2, 0.25) is 0 Å². The Balaban J connectivity index is 1.91. The van der Waals surface area contributed by atoms with Crippen molar-refractivity contribution in [2.24, 2.45) is 5.73 Å². The third-order valence-corrected chi connectivity index (χ3v) is 3.59. The van der Waals surface area contributed by atoms with Gasteiger partial charge < -0.3 is 5.73 Å². The Morgan fingerprint density at radius 2 is 1.64 bits per heavy atom. The summed E-state index contributed by atoms with van der Waals surface area (Å²) < 4.78 is 0. The summed E-state index contributed by atoms with van der Waals surface area (Å²) in [6.45, 7) is 3.43. The van der Waals surface area contributed by atoms with E-state index in [2.05, 4.69) is 12.1 Å². The number of carbonyl (C=O) groups is 1. The molecule has 1 unspecified atom stereocenters. The quantitative estimate of drug-likeness (QED) is 0.657. The van der Waals surface area contributed by atoms with Crippen LogP contribution in [0.1, 0.15) is 31.4 Å². The molecule has 2 aromatic carbocycles. The van der Waals surface area contributed by atoms with Crippen LogP contribution in [0, 0.1) is 0 Å². The molecule has 4 nitrogen and oxygen atoms in total. The molecule has 0 spiro atoms. The highest BCUT2D eigenvalue weighted by Gasteiger charge is 2.29. The van der Waals surface area contributed by atoms with E-state index in [-0.39, 0.29) is 0 Å². The van der Waals surface area contributed by atoms with E-state index in [1.54, 1.807) is 19.1 Å². The van der Waals surface area contributed by atoms with Crippen molar-refractivity contribution in [2.45, 2.75) is 32.2 Å². The van der Waals surface area contributed by atoms with E-state index in [1.807, 2.05) is 37.3 Å². The van der Waals surface area contributed by atoms with Crippen LogP contribution in [0.4, 0.5) is 0 Å². The first kappa shape index (κ1) is 16.0. The number of nitrogens with two attached hydrogens (primary N) is 1. The molecule has 0 heterocycles. The van der Waals surface area contributed by atoms with Crippen LogP contribution in [0.3, 0.4) is 0 Å². The fraction of sp³-hybridized carbons (Fsp3) is 0.278. The van der Waals surface area contributed by atoms with Crippen LogP contribution in [-0.4, -0.2) is 11.5 Å². The van der Waals surface area contributed by atoms with E-state index < -0.39 is 11.5 Å². The maximum atomic E-state index is 11.7. The van der Waals surface area contributed by atoms with Crippen molar-refractivity contribution in [3.8, 4) is 5.75 Å². The van der Waals surface area contributed by atoms with Gasteiger partial charge in [-0.3, -0.25) is 4.89 Å². The monoisotopic (exact) mass is 299 g/mol. The summed E-state index contributed by atoms with van der Waals surface area (Å²) in [4.78, 5) is 21.5. The lowest BCUT2D eigenvalue weighted by Crippen LogP contribution is -2.45. The van der Waals surface area contributed by atoms with E-state index >= 15 is 0 Å². The van der Waals surface area contributed by atoms with Gasteiger partial charge in [-0.15, -0.1) is 0 Å². The number of hydrogen-bond donors (Lipinski definition) is 1. The van der Waals surface area contributed by atoms with E-state index in [0.29, 0.717) is 12.2 Å². The van der Waals surface area contributed by atoms with Gasteiger partial charge in [0, 0.05) is 0 Å². The molecule has 1 atom stereocenters. The van der Waals surface area contributed by atoms with Gasteiger partial charge in [0.25, 0.3) is 0 Å². The van der Waals surface area contributed by atoms with Gasteiger partial charge in [0.05, 0.1) is 0 Å². The van der Waals surface area contributed by atoms with Gasteiger partial charge in [-0.1, -0.05) is 49.4 Å². The fourth-order valence-corrected chi connectivity index (χ4v) is 1.82. The average molecular weight is 299 g/mol. The Kier molecular flexibility index (Phi) is 5.17. The van der Waals surface area contributed by atoms with Crippen molar-refractivity contribution in [3.05, 3.63) is 65.7 Å². The summed E-state index contributed by atoms with van der Waals surface area (Å²) in [5.74, 6) is -0.111. The zero-order valence-electron chi connectivity index (χ0n) is 12.9. The predicted octanol–water partition coefficient (Wildman–Crippen LogP) is 3.24. The number of carbonyl (C=O) groups excluding carboxylic acids is 1. The summed E-state index contributed by atoms with van der Waals surface area (Å²) in [5.41, 5.74) is 7.14. The molecule has 0 aromatic heterocycles. The molecule has 0 fully saturated rings. The van der Waals surface area contributed by atoms with Crippen molar-refractivity contribution in [1.29, 1.82) is 0 Å². The minimum Gasteiger partial charge on any atom is -0.316 e. The zero-order chi connectivity index (χ0) is 16.0. The summed E-state index contributed by atoms with van der Waals surface area (Å²) >= 11 is 0. The Labute approximate surface area is 130 Å². The van der Waals surface area contributed by atoms with Crippen LogP contribution >= 0.6 is 0 Å². The van der Waals surface area contributed by atoms with Gasteiger partial charge in [0.1, 0.15) is 5.54 Å². The SMILES string of the molecule is CCC(C)(N)C(=O)OOc1ccc(Cc2ccccc2)cc1. The van der Waals surface area contributed by atoms with Gasteiger partial charge in [-0.25, -0.2) is 9.68 Å². The van der Waals surface area contributed by atoms with Gasteiger partial charge in [0.15, 0.2) is 5.75 Å². The Bertz CT molecular complexity index is 606. The summed E-state index contributed by atoms with van der Waals surface area (Å²) in [6.07, 6.45) is 1.32. The van der Waals surface area contributed by atoms with Gasteiger partial charge >= 0.3 is 5.97 Å². The van der Waals surface area contributed by atoms with Crippen LogP contribution in [0.25, 0.3) is 0 Å². The van der Waals surface area contributed by atoms with E-state index in [4.69, 9.17) is 15.5 Å². The maximum Gasteiger partial charge on any atom is 0.374 e. The molecule has 116 valence electrons. The molecular formula is C18H21NO3. The van der Waals surface area contributed by atoms with Crippen molar-refractivity contribution in [3.63, 3.8) is 0 Å². The molecule has 0 saturated heterocycles. The second-order valence-electron chi connectivity index (χ2n) is 5.53. The first-order valence-electron chi connectivity index (χ1n) is 7.32. The van der Waals surface area contributed by atoms with E-state index in [9.17, 15) is 4.79 Å². The van der Waals surface area contributed by atoms with Gasteiger partial charge in [-0.05, 0) is 43.0 Å². The van der Waals surface area contributed by atoms with Crippen LogP contribution in [0.15, 0.2) is 54.6 Å². The highest BCUT2D eigenvalue weighted by atomic mass is 17.2. The molecule has 2 rings (SSSR count). The molecule has 4 heteroatoms.